The fourth-order valence-electron chi connectivity index (χ4n) is 8.10. The van der Waals surface area contributed by atoms with Crippen LogP contribution in [0.5, 0.6) is 11.5 Å². The average Bonchev–Trinajstić information content (AvgIpc) is 3.43. The number of amides is 1. The highest BCUT2D eigenvalue weighted by Crippen LogP contribution is 2.49. The third-order valence-electron chi connectivity index (χ3n) is 11.6. The number of fused-ring (bicyclic) bond motifs is 14. The molecule has 56 heavy (non-hydrogen) atoms. The smallest absolute Gasteiger partial charge is 0.312 e. The summed E-state index contributed by atoms with van der Waals surface area (Å²) >= 11 is 0. The van der Waals surface area contributed by atoms with Crippen molar-refractivity contribution in [3.8, 4) is 11.5 Å². The summed E-state index contributed by atoms with van der Waals surface area (Å²) in [5, 5.41) is 36.9. The maximum absolute atomic E-state index is 14.7. The summed E-state index contributed by atoms with van der Waals surface area (Å²) in [6, 6.07) is 0. The van der Waals surface area contributed by atoms with Gasteiger partial charge in [-0.1, -0.05) is 45.9 Å². The third-order valence-corrected chi connectivity index (χ3v) is 11.6. The van der Waals surface area contributed by atoms with E-state index in [1.54, 1.807) is 44.7 Å². The number of carbonyl (C=O) groups is 5. The normalized spacial score (nSPS) is 31.8. The van der Waals surface area contributed by atoms with Crippen LogP contribution < -0.4 is 10.1 Å². The van der Waals surface area contributed by atoms with E-state index in [-0.39, 0.29) is 39.4 Å². The number of carbonyl (C=O) groups excluding carboxylic acids is 5. The van der Waals surface area contributed by atoms with Crippen molar-refractivity contribution in [1.82, 2.24) is 10.2 Å². The number of nitrogens with zero attached hydrogens (tertiary/aromatic N) is 1. The molecule has 1 aromatic carbocycles. The SMILES string of the molecule is CO[C@H]1C=CO[C@@]2(C)Oc3c(C)c(O)c4c(c3C2=O)C(=O)C(N2CCCCC2)=C(NC(=O)C(C)=CC=C[C@H](C)[C@H](O)[C@@H](C)[C@H](O)[C@H](C)[C@H](OC(C)=O)[C@@H]1C)C4=O. The number of benzene rings is 1. The molecule has 0 radical (unpaired) electrons. The van der Waals surface area contributed by atoms with Crippen LogP contribution in [0.3, 0.4) is 0 Å². The molecule has 4 heterocycles. The van der Waals surface area contributed by atoms with Gasteiger partial charge in [-0.3, -0.25) is 24.0 Å². The van der Waals surface area contributed by atoms with Gasteiger partial charge in [0, 0.05) is 68.9 Å². The Kier molecular flexibility index (Phi) is 12.7. The van der Waals surface area contributed by atoms with E-state index in [1.165, 1.54) is 53.2 Å². The number of hydrogen-bond donors (Lipinski definition) is 4. The molecule has 14 heteroatoms. The Morgan fingerprint density at radius 2 is 1.57 bits per heavy atom. The van der Waals surface area contributed by atoms with Crippen molar-refractivity contribution in [2.24, 2.45) is 23.7 Å². The molecule has 0 aromatic heterocycles. The minimum atomic E-state index is -2.05. The molecular weight excluding hydrogens is 724 g/mol. The number of ether oxygens (including phenoxy) is 4. The lowest BCUT2D eigenvalue weighted by Gasteiger charge is -2.38. The number of esters is 1. The van der Waals surface area contributed by atoms with Gasteiger partial charge in [0.05, 0.1) is 41.3 Å². The number of aliphatic hydroxyl groups excluding tert-OH is 2. The van der Waals surface area contributed by atoms with Crippen molar-refractivity contribution in [3.63, 3.8) is 0 Å². The van der Waals surface area contributed by atoms with Crippen molar-refractivity contribution < 1.29 is 58.2 Å². The summed E-state index contributed by atoms with van der Waals surface area (Å²) < 4.78 is 23.5. The van der Waals surface area contributed by atoms with Gasteiger partial charge >= 0.3 is 11.8 Å². The summed E-state index contributed by atoms with van der Waals surface area (Å²) in [4.78, 5) is 71.2. The zero-order chi connectivity index (χ0) is 41.4. The lowest BCUT2D eigenvalue weighted by Crippen LogP contribution is -2.46. The number of allylic oxidation sites excluding steroid dienone is 4. The molecular formula is C42H54N2O12. The van der Waals surface area contributed by atoms with Gasteiger partial charge in [-0.05, 0) is 39.2 Å². The zero-order valence-electron chi connectivity index (χ0n) is 33.5. The molecule has 9 atom stereocenters. The van der Waals surface area contributed by atoms with Gasteiger partial charge in [-0.2, -0.15) is 0 Å². The first kappa shape index (κ1) is 42.4. The monoisotopic (exact) mass is 778 g/mol. The van der Waals surface area contributed by atoms with Gasteiger partial charge in [0.2, 0.25) is 11.6 Å². The molecule has 1 saturated heterocycles. The Bertz CT molecular complexity index is 1910. The molecule has 304 valence electrons. The maximum Gasteiger partial charge on any atom is 0.312 e. The predicted molar refractivity (Wildman–Crippen MR) is 204 cm³/mol. The number of nitrogens with one attached hydrogen (secondary N) is 1. The van der Waals surface area contributed by atoms with Gasteiger partial charge in [0.1, 0.15) is 29.0 Å². The molecule has 0 unspecified atom stereocenters. The minimum Gasteiger partial charge on any atom is -0.507 e. The van der Waals surface area contributed by atoms with E-state index in [4.69, 9.17) is 18.9 Å². The predicted octanol–water partition coefficient (Wildman–Crippen LogP) is 4.44. The van der Waals surface area contributed by atoms with E-state index >= 15 is 0 Å². The Labute approximate surface area is 327 Å². The Balaban J connectivity index is 1.67. The van der Waals surface area contributed by atoms with Crippen LogP contribution in [0.25, 0.3) is 0 Å². The van der Waals surface area contributed by atoms with Crippen LogP contribution in [0, 0.1) is 30.6 Å². The largest absolute Gasteiger partial charge is 0.507 e. The van der Waals surface area contributed by atoms with E-state index in [0.717, 1.165) is 19.3 Å². The molecule has 0 spiro atoms. The molecule has 5 bridgehead atoms. The summed E-state index contributed by atoms with van der Waals surface area (Å²) in [5.74, 6) is -8.83. The fraction of sp³-hybridized carbons (Fsp3) is 0.548. The molecule has 1 aromatic rings. The van der Waals surface area contributed by atoms with Crippen molar-refractivity contribution in [2.45, 2.75) is 105 Å². The number of methoxy groups -OCH3 is 1. The highest BCUT2D eigenvalue weighted by atomic mass is 16.7. The van der Waals surface area contributed by atoms with Crippen molar-refractivity contribution >= 4 is 29.2 Å². The number of ketones is 3. The van der Waals surface area contributed by atoms with Crippen molar-refractivity contribution in [3.05, 3.63) is 69.8 Å². The Hall–Kier alpha value is -4.79. The quantitative estimate of drug-likeness (QED) is 0.315. The van der Waals surface area contributed by atoms with E-state index in [0.29, 0.717) is 13.1 Å². The molecule has 1 amide bonds. The summed E-state index contributed by atoms with van der Waals surface area (Å²) in [7, 11) is 1.43. The van der Waals surface area contributed by atoms with Crippen molar-refractivity contribution in [2.75, 3.05) is 20.2 Å². The van der Waals surface area contributed by atoms with Gasteiger partial charge < -0.3 is 44.5 Å². The standard InChI is InChI=1S/C42H54N2O12/c1-20-14-13-15-21(2)41(52)43-31-32(44-17-11-10-12-18-44)37(50)28-29(36(31)49)35(48)25(6)39-30(28)40(51)42(8,56-39)54-19-16-27(53-9)22(3)38(55-26(7)45)24(5)34(47)23(4)33(20)46/h13-16,19-20,22-24,27,33-34,38,46-48H,10-12,17-18H2,1-9H3,(H,43,52)/t20-,22+,23+,24-,27-,33-,34-,38+,42-/m0/s1. The highest BCUT2D eigenvalue weighted by Gasteiger charge is 2.53. The van der Waals surface area contributed by atoms with Crippen LogP contribution in [0.2, 0.25) is 0 Å². The Morgan fingerprint density at radius 1 is 0.911 bits per heavy atom. The molecule has 5 aliphatic rings. The molecule has 6 rings (SSSR count). The second kappa shape index (κ2) is 16.7. The van der Waals surface area contributed by atoms with Gasteiger partial charge in [-0.15, -0.1) is 0 Å². The number of phenols is 1. The number of likely N-dealkylation sites (tertiary alicyclic amines) is 1. The molecule has 1 aliphatic carbocycles. The van der Waals surface area contributed by atoms with Crippen LogP contribution in [0.15, 0.2) is 47.5 Å². The van der Waals surface area contributed by atoms with Crippen LogP contribution in [0.1, 0.15) is 104 Å². The first-order chi connectivity index (χ1) is 26.4. The number of phenolic OH excluding ortho intramolecular Hbond substituents is 1. The average molecular weight is 779 g/mol. The third kappa shape index (κ3) is 7.78. The van der Waals surface area contributed by atoms with E-state index in [2.05, 4.69) is 5.32 Å². The van der Waals surface area contributed by atoms with Gasteiger partial charge in [0.15, 0.2) is 0 Å². The van der Waals surface area contributed by atoms with Crippen LogP contribution in [-0.2, 0) is 23.8 Å². The van der Waals surface area contributed by atoms with E-state index < -0.39 is 94.4 Å². The van der Waals surface area contributed by atoms with E-state index in [1.807, 2.05) is 0 Å². The number of piperidine rings is 1. The zero-order valence-corrected chi connectivity index (χ0v) is 33.5. The highest BCUT2D eigenvalue weighted by molar-refractivity contribution is 6.32. The van der Waals surface area contributed by atoms with Gasteiger partial charge in [0.25, 0.3) is 11.7 Å². The first-order valence-corrected chi connectivity index (χ1v) is 19.1. The second-order valence-corrected chi connectivity index (χ2v) is 15.6. The van der Waals surface area contributed by atoms with Crippen LogP contribution in [-0.4, -0.2) is 99.8 Å². The minimum absolute atomic E-state index is 0.0223. The lowest BCUT2D eigenvalue weighted by molar-refractivity contribution is -0.160. The second-order valence-electron chi connectivity index (χ2n) is 15.6. The van der Waals surface area contributed by atoms with Gasteiger partial charge in [-0.25, -0.2) is 0 Å². The fourth-order valence-corrected chi connectivity index (χ4v) is 8.10. The van der Waals surface area contributed by atoms with Crippen LogP contribution in [0.4, 0.5) is 0 Å². The summed E-state index contributed by atoms with van der Waals surface area (Å²) in [5.41, 5.74) is -1.18. The molecule has 4 N–H and O–H groups in total. The Morgan fingerprint density at radius 3 is 2.20 bits per heavy atom. The molecule has 14 nitrogen and oxygen atoms in total. The first-order valence-electron chi connectivity index (χ1n) is 19.1. The topological polar surface area (TPSA) is 198 Å². The molecule has 1 fully saturated rings. The lowest BCUT2D eigenvalue weighted by atomic mass is 9.78. The summed E-state index contributed by atoms with van der Waals surface area (Å²) in [6.45, 7) is 13.3. The van der Waals surface area contributed by atoms with Crippen LogP contribution >= 0.6 is 0 Å². The molecule has 0 saturated carbocycles. The number of hydrogen-bond acceptors (Lipinski definition) is 13. The summed E-state index contributed by atoms with van der Waals surface area (Å²) in [6.07, 6.45) is 5.90. The number of aromatic hydroxyl groups is 1. The number of Topliss-reactive ketones (excluding diaryl/α,β-unsaturated/α-hetero) is 3. The van der Waals surface area contributed by atoms with E-state index in [9.17, 15) is 39.3 Å². The molecule has 4 aliphatic heterocycles. The van der Waals surface area contributed by atoms with Crippen molar-refractivity contribution in [1.29, 1.82) is 0 Å². The number of aliphatic hydroxyl groups is 2. The maximum atomic E-state index is 14.7. The number of rotatable bonds is 3.